The van der Waals surface area contributed by atoms with E-state index in [-0.39, 0.29) is 16.8 Å². The maximum Gasteiger partial charge on any atom is 0.251 e. The van der Waals surface area contributed by atoms with E-state index in [4.69, 9.17) is 0 Å². The first-order chi connectivity index (χ1) is 13.3. The van der Waals surface area contributed by atoms with Crippen molar-refractivity contribution in [2.45, 2.75) is 38.1 Å². The average Bonchev–Trinajstić information content (AvgIpc) is 2.68. The summed E-state index contributed by atoms with van der Waals surface area (Å²) in [6.07, 6.45) is 4.40. The Hall–Kier alpha value is -2.25. The SMILES string of the molecule is CC1CC(C)CN(S(=O)(=O)c2cccc(C(=O)NC(C)c3cccnc3)c2)C1. The van der Waals surface area contributed by atoms with Gasteiger partial charge in [-0.15, -0.1) is 0 Å². The highest BCUT2D eigenvalue weighted by Crippen LogP contribution is 2.27. The fourth-order valence-corrected chi connectivity index (χ4v) is 5.47. The number of rotatable bonds is 5. The first-order valence-corrected chi connectivity index (χ1v) is 11.0. The molecule has 1 aromatic heterocycles. The Labute approximate surface area is 167 Å². The van der Waals surface area contributed by atoms with Gasteiger partial charge in [-0.2, -0.15) is 4.31 Å². The molecule has 1 saturated heterocycles. The van der Waals surface area contributed by atoms with E-state index in [9.17, 15) is 13.2 Å². The van der Waals surface area contributed by atoms with Gasteiger partial charge in [0.15, 0.2) is 0 Å². The summed E-state index contributed by atoms with van der Waals surface area (Å²) in [6, 6.07) is 9.73. The van der Waals surface area contributed by atoms with Gasteiger partial charge >= 0.3 is 0 Å². The van der Waals surface area contributed by atoms with Crippen LogP contribution in [0.5, 0.6) is 0 Å². The molecule has 0 spiro atoms. The van der Waals surface area contributed by atoms with Crippen LogP contribution < -0.4 is 5.32 Å². The number of pyridine rings is 1. The molecule has 7 heteroatoms. The van der Waals surface area contributed by atoms with Crippen LogP contribution in [-0.2, 0) is 10.0 Å². The van der Waals surface area contributed by atoms with Gasteiger partial charge in [0, 0.05) is 31.0 Å². The molecule has 6 nitrogen and oxygen atoms in total. The van der Waals surface area contributed by atoms with E-state index >= 15 is 0 Å². The van der Waals surface area contributed by atoms with Gasteiger partial charge < -0.3 is 5.32 Å². The molecule has 1 aromatic carbocycles. The Balaban J connectivity index is 1.78. The van der Waals surface area contributed by atoms with E-state index in [0.29, 0.717) is 30.5 Å². The van der Waals surface area contributed by atoms with Crippen molar-refractivity contribution in [3.05, 3.63) is 59.9 Å². The molecule has 1 fully saturated rings. The van der Waals surface area contributed by atoms with Crippen LogP contribution in [0, 0.1) is 11.8 Å². The Morgan fingerprint density at radius 2 is 1.89 bits per heavy atom. The summed E-state index contributed by atoms with van der Waals surface area (Å²) in [5.41, 5.74) is 1.21. The van der Waals surface area contributed by atoms with Crippen molar-refractivity contribution in [2.24, 2.45) is 11.8 Å². The van der Waals surface area contributed by atoms with Gasteiger partial charge in [0.25, 0.3) is 5.91 Å². The number of amides is 1. The molecule has 0 saturated carbocycles. The van der Waals surface area contributed by atoms with Crippen molar-refractivity contribution in [3.63, 3.8) is 0 Å². The van der Waals surface area contributed by atoms with Crippen LogP contribution in [0.4, 0.5) is 0 Å². The molecule has 0 bridgehead atoms. The lowest BCUT2D eigenvalue weighted by atomic mass is 9.94. The second-order valence-electron chi connectivity index (χ2n) is 7.78. The number of piperidine rings is 1. The third kappa shape index (κ3) is 4.59. The molecular weight excluding hydrogens is 374 g/mol. The standard InChI is InChI=1S/C21H27N3O3S/c1-15-10-16(2)14-24(13-15)28(26,27)20-8-4-6-18(11-20)21(25)23-17(3)19-7-5-9-22-12-19/h4-9,11-12,15-17H,10,13-14H2,1-3H3,(H,23,25). The molecule has 1 aliphatic rings. The summed E-state index contributed by atoms with van der Waals surface area (Å²) >= 11 is 0. The van der Waals surface area contributed by atoms with Gasteiger partial charge in [0.05, 0.1) is 10.9 Å². The van der Waals surface area contributed by atoms with Crippen LogP contribution in [0.2, 0.25) is 0 Å². The lowest BCUT2D eigenvalue weighted by molar-refractivity contribution is 0.0939. The zero-order valence-electron chi connectivity index (χ0n) is 16.5. The molecule has 1 N–H and O–H groups in total. The molecule has 2 heterocycles. The fourth-order valence-electron chi connectivity index (χ4n) is 3.74. The number of nitrogens with zero attached hydrogens (tertiary/aromatic N) is 2. The minimum absolute atomic E-state index is 0.162. The highest BCUT2D eigenvalue weighted by Gasteiger charge is 2.32. The molecule has 0 aliphatic carbocycles. The van der Waals surface area contributed by atoms with Gasteiger partial charge in [0.1, 0.15) is 0 Å². The molecular formula is C21H27N3O3S. The van der Waals surface area contributed by atoms with Crippen molar-refractivity contribution in [1.29, 1.82) is 0 Å². The number of benzene rings is 1. The van der Waals surface area contributed by atoms with Crippen molar-refractivity contribution < 1.29 is 13.2 Å². The monoisotopic (exact) mass is 401 g/mol. The summed E-state index contributed by atoms with van der Waals surface area (Å²) in [4.78, 5) is 16.9. The van der Waals surface area contributed by atoms with Crippen molar-refractivity contribution >= 4 is 15.9 Å². The number of hydrogen-bond acceptors (Lipinski definition) is 4. The number of carbonyl (C=O) groups excluding carboxylic acids is 1. The Morgan fingerprint density at radius 1 is 1.18 bits per heavy atom. The van der Waals surface area contributed by atoms with Gasteiger partial charge in [-0.3, -0.25) is 9.78 Å². The highest BCUT2D eigenvalue weighted by atomic mass is 32.2. The Bertz CT molecular complexity index is 921. The lowest BCUT2D eigenvalue weighted by Crippen LogP contribution is -2.42. The van der Waals surface area contributed by atoms with Crippen LogP contribution in [0.1, 0.15) is 49.2 Å². The predicted octanol–water partition coefficient (Wildman–Crippen LogP) is 3.24. The average molecular weight is 402 g/mol. The normalized spacial score (nSPS) is 21.8. The topological polar surface area (TPSA) is 79.4 Å². The third-order valence-corrected chi connectivity index (χ3v) is 6.93. The number of hydrogen-bond donors (Lipinski definition) is 1. The molecule has 2 aromatic rings. The van der Waals surface area contributed by atoms with E-state index in [1.54, 1.807) is 34.9 Å². The molecule has 1 amide bonds. The summed E-state index contributed by atoms with van der Waals surface area (Å²) in [6.45, 7) is 7.04. The van der Waals surface area contributed by atoms with Gasteiger partial charge in [0.2, 0.25) is 10.0 Å². The molecule has 28 heavy (non-hydrogen) atoms. The maximum atomic E-state index is 13.1. The lowest BCUT2D eigenvalue weighted by Gasteiger charge is -2.34. The summed E-state index contributed by atoms with van der Waals surface area (Å²) in [5, 5.41) is 2.90. The van der Waals surface area contributed by atoms with Gasteiger partial charge in [-0.05, 0) is 55.0 Å². The van der Waals surface area contributed by atoms with Crippen LogP contribution in [0.25, 0.3) is 0 Å². The molecule has 0 radical (unpaired) electrons. The van der Waals surface area contributed by atoms with Gasteiger partial charge in [-0.25, -0.2) is 8.42 Å². The Morgan fingerprint density at radius 3 is 2.54 bits per heavy atom. The Kier molecular flexibility index (Phi) is 6.15. The van der Waals surface area contributed by atoms with E-state index in [0.717, 1.165) is 12.0 Å². The predicted molar refractivity (Wildman–Crippen MR) is 108 cm³/mol. The first-order valence-electron chi connectivity index (χ1n) is 9.58. The number of sulfonamides is 1. The second-order valence-corrected chi connectivity index (χ2v) is 9.72. The van der Waals surface area contributed by atoms with Crippen LogP contribution in [0.15, 0.2) is 53.7 Å². The van der Waals surface area contributed by atoms with Crippen molar-refractivity contribution in [3.8, 4) is 0 Å². The van der Waals surface area contributed by atoms with Gasteiger partial charge in [-0.1, -0.05) is 26.0 Å². The largest absolute Gasteiger partial charge is 0.345 e. The first kappa shape index (κ1) is 20.5. The second kappa shape index (κ2) is 8.41. The molecule has 3 atom stereocenters. The smallest absolute Gasteiger partial charge is 0.251 e. The maximum absolute atomic E-state index is 13.1. The fraction of sp³-hybridized carbons (Fsp3) is 0.429. The zero-order chi connectivity index (χ0) is 20.3. The van der Waals surface area contributed by atoms with Crippen LogP contribution in [-0.4, -0.2) is 36.7 Å². The zero-order valence-corrected chi connectivity index (χ0v) is 17.3. The van der Waals surface area contributed by atoms with E-state index in [2.05, 4.69) is 24.1 Å². The van der Waals surface area contributed by atoms with Crippen LogP contribution >= 0.6 is 0 Å². The van der Waals surface area contributed by atoms with Crippen LogP contribution in [0.3, 0.4) is 0 Å². The molecule has 150 valence electrons. The van der Waals surface area contributed by atoms with Crippen molar-refractivity contribution in [1.82, 2.24) is 14.6 Å². The molecule has 3 unspecified atom stereocenters. The quantitative estimate of drug-likeness (QED) is 0.834. The molecule has 3 rings (SSSR count). The highest BCUT2D eigenvalue weighted by molar-refractivity contribution is 7.89. The van der Waals surface area contributed by atoms with E-state index in [1.807, 2.05) is 19.1 Å². The summed E-state index contributed by atoms with van der Waals surface area (Å²) < 4.78 is 27.7. The minimum Gasteiger partial charge on any atom is -0.345 e. The van der Waals surface area contributed by atoms with Crippen molar-refractivity contribution in [2.75, 3.05) is 13.1 Å². The summed E-state index contributed by atoms with van der Waals surface area (Å²) in [7, 11) is -3.62. The summed E-state index contributed by atoms with van der Waals surface area (Å²) in [5.74, 6) is 0.337. The molecule has 1 aliphatic heterocycles. The van der Waals surface area contributed by atoms with E-state index < -0.39 is 10.0 Å². The number of nitrogens with one attached hydrogen (secondary N) is 1. The minimum atomic E-state index is -3.62. The number of carbonyl (C=O) groups is 1. The third-order valence-electron chi connectivity index (χ3n) is 5.10. The van der Waals surface area contributed by atoms with E-state index in [1.165, 1.54) is 6.07 Å². The number of aromatic nitrogens is 1.